The van der Waals surface area contributed by atoms with Gasteiger partial charge in [-0.05, 0) is 48.2 Å². The van der Waals surface area contributed by atoms with Gasteiger partial charge in [0.05, 0.1) is 25.1 Å². The molecule has 1 fully saturated rings. The van der Waals surface area contributed by atoms with Crippen LogP contribution in [0.25, 0.3) is 11.1 Å². The van der Waals surface area contributed by atoms with Crippen molar-refractivity contribution in [2.75, 3.05) is 18.4 Å². The molecule has 2 aromatic heterocycles. The largest absolute Gasteiger partial charge is 0.489 e. The van der Waals surface area contributed by atoms with E-state index in [9.17, 15) is 14.4 Å². The number of rotatable bonds is 7. The second-order valence-electron chi connectivity index (χ2n) is 10.8. The zero-order valence-electron chi connectivity index (χ0n) is 22.9. The molecule has 1 saturated heterocycles. The summed E-state index contributed by atoms with van der Waals surface area (Å²) in [6.07, 6.45) is 4.33. The first-order chi connectivity index (χ1) is 20.9. The zero-order chi connectivity index (χ0) is 29.7. The molecule has 13 heteroatoms. The molecule has 3 amide bonds. The van der Waals surface area contributed by atoms with Crippen LogP contribution in [0, 0.1) is 5.82 Å². The summed E-state index contributed by atoms with van der Waals surface area (Å²) in [6, 6.07) is 9.04. The van der Waals surface area contributed by atoms with Crippen molar-refractivity contribution in [3.8, 4) is 16.9 Å². The standard InChI is InChI=1S/C30H27FN6O5S/c31-23-13-18(17-3-5-19(6-4-17)42-20-7-10-35(14-20)30(40)41)12-21-22(23)15-37(28(21)39)26(27(38)34-29-32-8-11-43-29)25-24-2-1-9-36(24)16-33-25/h3-6,8,11-13,16,20,26H,1-2,7,9-10,14-15H2,(H,40,41)(H,32,34,38). The number of benzene rings is 2. The number of imidazole rings is 1. The van der Waals surface area contributed by atoms with Gasteiger partial charge in [-0.3, -0.25) is 14.9 Å². The van der Waals surface area contributed by atoms with Crippen molar-refractivity contribution >= 4 is 34.4 Å². The summed E-state index contributed by atoms with van der Waals surface area (Å²) >= 11 is 1.27. The summed E-state index contributed by atoms with van der Waals surface area (Å²) in [4.78, 5) is 50.1. The van der Waals surface area contributed by atoms with Gasteiger partial charge in [-0.1, -0.05) is 12.1 Å². The number of fused-ring (bicyclic) bond motifs is 2. The van der Waals surface area contributed by atoms with E-state index in [-0.39, 0.29) is 23.8 Å². The Balaban J connectivity index is 1.15. The number of hydrogen-bond donors (Lipinski definition) is 2. The van der Waals surface area contributed by atoms with Gasteiger partial charge in [-0.2, -0.15) is 0 Å². The van der Waals surface area contributed by atoms with E-state index in [2.05, 4.69) is 15.3 Å². The van der Waals surface area contributed by atoms with Crippen LogP contribution in [-0.4, -0.2) is 66.5 Å². The smallest absolute Gasteiger partial charge is 0.407 e. The lowest BCUT2D eigenvalue weighted by Gasteiger charge is -2.26. The molecule has 220 valence electrons. The van der Waals surface area contributed by atoms with E-state index in [0.29, 0.717) is 47.2 Å². The lowest BCUT2D eigenvalue weighted by molar-refractivity contribution is -0.121. The first-order valence-electron chi connectivity index (χ1n) is 14.0. The van der Waals surface area contributed by atoms with Gasteiger partial charge < -0.3 is 24.2 Å². The number of amides is 3. The van der Waals surface area contributed by atoms with E-state index in [1.165, 1.54) is 27.2 Å². The van der Waals surface area contributed by atoms with E-state index in [4.69, 9.17) is 9.84 Å². The summed E-state index contributed by atoms with van der Waals surface area (Å²) in [6.45, 7) is 1.45. The van der Waals surface area contributed by atoms with E-state index in [0.717, 1.165) is 25.1 Å². The highest BCUT2D eigenvalue weighted by Gasteiger charge is 2.42. The van der Waals surface area contributed by atoms with Crippen molar-refractivity contribution in [1.29, 1.82) is 0 Å². The average molecular weight is 603 g/mol. The van der Waals surface area contributed by atoms with Crippen molar-refractivity contribution in [3.63, 3.8) is 0 Å². The molecular weight excluding hydrogens is 575 g/mol. The lowest BCUT2D eigenvalue weighted by Crippen LogP contribution is -2.38. The van der Waals surface area contributed by atoms with Crippen LogP contribution in [0.4, 0.5) is 14.3 Å². The van der Waals surface area contributed by atoms with E-state index < -0.39 is 29.8 Å². The number of thiazole rings is 1. The number of nitrogens with zero attached hydrogens (tertiary/aromatic N) is 5. The minimum Gasteiger partial charge on any atom is -0.489 e. The molecule has 11 nitrogen and oxygen atoms in total. The number of aromatic nitrogens is 3. The normalized spacial score (nSPS) is 18.1. The minimum atomic E-state index is -1.05. The third kappa shape index (κ3) is 4.99. The van der Waals surface area contributed by atoms with Gasteiger partial charge in [-0.25, -0.2) is 19.2 Å². The number of nitrogens with one attached hydrogen (secondary N) is 1. The second kappa shape index (κ2) is 10.8. The van der Waals surface area contributed by atoms with Gasteiger partial charge in [-0.15, -0.1) is 11.3 Å². The Kier molecular flexibility index (Phi) is 6.80. The van der Waals surface area contributed by atoms with E-state index >= 15 is 4.39 Å². The number of carbonyl (C=O) groups is 3. The van der Waals surface area contributed by atoms with Crippen LogP contribution in [0.1, 0.15) is 46.2 Å². The van der Waals surface area contributed by atoms with E-state index in [1.54, 1.807) is 48.2 Å². The number of ether oxygens (including phenoxy) is 1. The van der Waals surface area contributed by atoms with Crippen molar-refractivity contribution in [2.45, 2.75) is 44.5 Å². The van der Waals surface area contributed by atoms with Crippen molar-refractivity contribution in [1.82, 2.24) is 24.3 Å². The Morgan fingerprint density at radius 3 is 2.72 bits per heavy atom. The Labute approximate surface area is 249 Å². The molecule has 43 heavy (non-hydrogen) atoms. The number of halogens is 1. The maximum atomic E-state index is 15.6. The highest BCUT2D eigenvalue weighted by molar-refractivity contribution is 7.13. The SMILES string of the molecule is O=C(Nc1nccs1)C(c1ncn2c1CCC2)N1Cc2c(F)cc(-c3ccc(OC4CCN(C(=O)O)C4)cc3)cc2C1=O. The Bertz CT molecular complexity index is 1720. The predicted octanol–water partition coefficient (Wildman–Crippen LogP) is 4.56. The monoisotopic (exact) mass is 602 g/mol. The number of aryl methyl sites for hydroxylation is 1. The molecule has 0 aliphatic carbocycles. The average Bonchev–Trinajstić information content (AvgIpc) is 3.82. The number of hydrogen-bond acceptors (Lipinski definition) is 7. The third-order valence-corrected chi connectivity index (χ3v) is 8.88. The molecule has 4 aromatic rings. The van der Waals surface area contributed by atoms with Crippen molar-refractivity contribution in [3.05, 3.63) is 82.6 Å². The molecule has 5 heterocycles. The van der Waals surface area contributed by atoms with Gasteiger partial charge in [0.25, 0.3) is 11.8 Å². The third-order valence-electron chi connectivity index (χ3n) is 8.19. The fourth-order valence-electron chi connectivity index (χ4n) is 6.08. The summed E-state index contributed by atoms with van der Waals surface area (Å²) in [5, 5.41) is 14.1. The summed E-state index contributed by atoms with van der Waals surface area (Å²) < 4.78 is 23.5. The summed E-state index contributed by atoms with van der Waals surface area (Å²) in [7, 11) is 0. The molecule has 0 bridgehead atoms. The molecule has 7 rings (SSSR count). The fraction of sp³-hybridized carbons (Fsp3) is 0.300. The van der Waals surface area contributed by atoms with Crippen LogP contribution in [0.2, 0.25) is 0 Å². The van der Waals surface area contributed by atoms with E-state index in [1.807, 2.05) is 4.57 Å². The Morgan fingerprint density at radius 2 is 1.98 bits per heavy atom. The molecular formula is C30H27FN6O5S. The molecule has 0 radical (unpaired) electrons. The van der Waals surface area contributed by atoms with Gasteiger partial charge in [0.1, 0.15) is 17.7 Å². The summed E-state index contributed by atoms with van der Waals surface area (Å²) in [5.74, 6) is -0.850. The maximum Gasteiger partial charge on any atom is 0.407 e. The molecule has 2 unspecified atom stereocenters. The number of anilines is 1. The highest BCUT2D eigenvalue weighted by Crippen LogP contribution is 2.38. The van der Waals surface area contributed by atoms with Crippen molar-refractivity contribution in [2.24, 2.45) is 0 Å². The molecule has 3 aliphatic rings. The number of carboxylic acid groups (broad SMARTS) is 1. The van der Waals surface area contributed by atoms with Gasteiger partial charge in [0, 0.05) is 47.9 Å². The summed E-state index contributed by atoms with van der Waals surface area (Å²) in [5.41, 5.74) is 3.04. The van der Waals surface area contributed by atoms with Crippen LogP contribution >= 0.6 is 11.3 Å². The first-order valence-corrected chi connectivity index (χ1v) is 14.9. The van der Waals surface area contributed by atoms with Crippen LogP contribution in [0.3, 0.4) is 0 Å². The van der Waals surface area contributed by atoms with Crippen LogP contribution in [0.5, 0.6) is 5.75 Å². The number of likely N-dealkylation sites (tertiary alicyclic amines) is 1. The van der Waals surface area contributed by atoms with Gasteiger partial charge >= 0.3 is 6.09 Å². The Morgan fingerprint density at radius 1 is 1.14 bits per heavy atom. The lowest BCUT2D eigenvalue weighted by atomic mass is 9.99. The zero-order valence-corrected chi connectivity index (χ0v) is 23.7. The minimum absolute atomic E-state index is 0.0654. The van der Waals surface area contributed by atoms with Crippen LogP contribution < -0.4 is 10.1 Å². The molecule has 2 aromatic carbocycles. The predicted molar refractivity (Wildman–Crippen MR) is 154 cm³/mol. The molecule has 2 atom stereocenters. The maximum absolute atomic E-state index is 15.6. The van der Waals surface area contributed by atoms with Crippen LogP contribution in [0.15, 0.2) is 54.3 Å². The molecule has 3 aliphatic heterocycles. The second-order valence-corrected chi connectivity index (χ2v) is 11.7. The quantitative estimate of drug-likeness (QED) is 0.317. The van der Waals surface area contributed by atoms with Crippen LogP contribution in [-0.2, 0) is 24.3 Å². The molecule has 0 spiro atoms. The van der Waals surface area contributed by atoms with Crippen molar-refractivity contribution < 1.29 is 28.6 Å². The first kappa shape index (κ1) is 27.1. The molecule has 2 N–H and O–H groups in total. The van der Waals surface area contributed by atoms with Gasteiger partial charge in [0.15, 0.2) is 11.2 Å². The highest BCUT2D eigenvalue weighted by atomic mass is 32.1. The fourth-order valence-corrected chi connectivity index (χ4v) is 6.61. The molecule has 0 saturated carbocycles. The van der Waals surface area contributed by atoms with Gasteiger partial charge in [0.2, 0.25) is 0 Å². The number of carbonyl (C=O) groups excluding carboxylic acids is 2. The topological polar surface area (TPSA) is 130 Å². The Hall–Kier alpha value is -4.78.